The molecule has 1 aliphatic carbocycles. The quantitative estimate of drug-likeness (QED) is 0.736. The molecule has 110 valence electrons. The molecule has 0 spiro atoms. The number of nitrogens with zero attached hydrogens (tertiary/aromatic N) is 1. The number of hydrogen-bond acceptors (Lipinski definition) is 4. The van der Waals surface area contributed by atoms with E-state index in [1.54, 1.807) is 0 Å². The Morgan fingerprint density at radius 1 is 1.32 bits per heavy atom. The molecule has 1 saturated heterocycles. The maximum atomic E-state index is 11.9. The summed E-state index contributed by atoms with van der Waals surface area (Å²) in [6.45, 7) is 2.14. The SMILES string of the molecule is CN(CCNC(=O)[C@@H]1CC[C@H](CN)O1)C1CCCC1. The first kappa shape index (κ1) is 14.8. The second kappa shape index (κ2) is 7.22. The van der Waals surface area contributed by atoms with Crippen LogP contribution in [0.1, 0.15) is 38.5 Å². The third kappa shape index (κ3) is 4.16. The highest BCUT2D eigenvalue weighted by molar-refractivity contribution is 5.81. The smallest absolute Gasteiger partial charge is 0.249 e. The van der Waals surface area contributed by atoms with Crippen LogP contribution in [0.2, 0.25) is 0 Å². The van der Waals surface area contributed by atoms with E-state index in [0.717, 1.165) is 19.4 Å². The molecule has 2 rings (SSSR count). The lowest BCUT2D eigenvalue weighted by atomic mass is 10.2. The Balaban J connectivity index is 1.61. The molecule has 2 atom stereocenters. The Bertz CT molecular complexity index is 292. The van der Waals surface area contributed by atoms with Gasteiger partial charge in [0.1, 0.15) is 6.10 Å². The number of rotatable bonds is 6. The molecule has 3 N–H and O–H groups in total. The molecule has 0 aromatic carbocycles. The van der Waals surface area contributed by atoms with E-state index in [0.29, 0.717) is 19.1 Å². The van der Waals surface area contributed by atoms with Crippen LogP contribution in [0.25, 0.3) is 0 Å². The summed E-state index contributed by atoms with van der Waals surface area (Å²) in [5, 5.41) is 2.98. The van der Waals surface area contributed by atoms with E-state index in [1.165, 1.54) is 25.7 Å². The van der Waals surface area contributed by atoms with Crippen molar-refractivity contribution in [2.24, 2.45) is 5.73 Å². The van der Waals surface area contributed by atoms with Crippen molar-refractivity contribution in [3.8, 4) is 0 Å². The summed E-state index contributed by atoms with van der Waals surface area (Å²) in [5.41, 5.74) is 5.54. The molecule has 0 bridgehead atoms. The Morgan fingerprint density at radius 3 is 2.68 bits per heavy atom. The standard InChI is InChI=1S/C14H27N3O2/c1-17(11-4-2-3-5-11)9-8-16-14(18)13-7-6-12(10-15)19-13/h11-13H,2-10,15H2,1H3,(H,16,18)/t12-,13+/m1/s1. The maximum absolute atomic E-state index is 11.9. The monoisotopic (exact) mass is 269 g/mol. The fourth-order valence-corrected chi connectivity index (χ4v) is 3.07. The summed E-state index contributed by atoms with van der Waals surface area (Å²) >= 11 is 0. The zero-order chi connectivity index (χ0) is 13.7. The topological polar surface area (TPSA) is 67.6 Å². The van der Waals surface area contributed by atoms with E-state index in [9.17, 15) is 4.79 Å². The Kier molecular flexibility index (Phi) is 5.60. The van der Waals surface area contributed by atoms with Gasteiger partial charge in [0.05, 0.1) is 6.10 Å². The van der Waals surface area contributed by atoms with Gasteiger partial charge in [0.25, 0.3) is 0 Å². The predicted molar refractivity (Wildman–Crippen MR) is 74.8 cm³/mol. The van der Waals surface area contributed by atoms with Crippen molar-refractivity contribution in [3.63, 3.8) is 0 Å². The van der Waals surface area contributed by atoms with Crippen LogP contribution in [-0.4, -0.2) is 55.7 Å². The number of carbonyl (C=O) groups excluding carboxylic acids is 1. The molecule has 2 aliphatic rings. The molecular formula is C14H27N3O2. The van der Waals surface area contributed by atoms with E-state index in [-0.39, 0.29) is 18.1 Å². The molecule has 2 fully saturated rings. The van der Waals surface area contributed by atoms with Crippen molar-refractivity contribution in [2.75, 3.05) is 26.7 Å². The minimum atomic E-state index is -0.287. The van der Waals surface area contributed by atoms with Gasteiger partial charge in [-0.25, -0.2) is 0 Å². The van der Waals surface area contributed by atoms with Gasteiger partial charge >= 0.3 is 0 Å². The van der Waals surface area contributed by atoms with E-state index in [1.807, 2.05) is 0 Å². The summed E-state index contributed by atoms with van der Waals surface area (Å²) in [7, 11) is 2.15. The number of nitrogens with one attached hydrogen (secondary N) is 1. The molecule has 1 aliphatic heterocycles. The lowest BCUT2D eigenvalue weighted by molar-refractivity contribution is -0.131. The zero-order valence-electron chi connectivity index (χ0n) is 11.9. The minimum Gasteiger partial charge on any atom is -0.364 e. The first-order valence-corrected chi connectivity index (χ1v) is 7.54. The normalized spacial score (nSPS) is 28.2. The number of amides is 1. The van der Waals surface area contributed by atoms with Gasteiger partial charge in [-0.05, 0) is 32.7 Å². The first-order chi connectivity index (χ1) is 9.20. The van der Waals surface area contributed by atoms with Crippen LogP contribution < -0.4 is 11.1 Å². The number of carbonyl (C=O) groups is 1. The summed E-state index contributed by atoms with van der Waals surface area (Å²) in [6, 6.07) is 0.709. The van der Waals surface area contributed by atoms with Crippen LogP contribution in [0, 0.1) is 0 Å². The maximum Gasteiger partial charge on any atom is 0.249 e. The molecular weight excluding hydrogens is 242 g/mol. The lowest BCUT2D eigenvalue weighted by Crippen LogP contribution is -2.41. The van der Waals surface area contributed by atoms with E-state index >= 15 is 0 Å². The molecule has 5 heteroatoms. The van der Waals surface area contributed by atoms with Gasteiger partial charge in [0.15, 0.2) is 0 Å². The largest absolute Gasteiger partial charge is 0.364 e. The number of likely N-dealkylation sites (N-methyl/N-ethyl adjacent to an activating group) is 1. The second-order valence-corrected chi connectivity index (χ2v) is 5.77. The molecule has 19 heavy (non-hydrogen) atoms. The zero-order valence-corrected chi connectivity index (χ0v) is 11.9. The van der Waals surface area contributed by atoms with Crippen molar-refractivity contribution in [3.05, 3.63) is 0 Å². The highest BCUT2D eigenvalue weighted by Crippen LogP contribution is 2.22. The van der Waals surface area contributed by atoms with Crippen LogP contribution in [-0.2, 0) is 9.53 Å². The predicted octanol–water partition coefficient (Wildman–Crippen LogP) is 0.483. The number of ether oxygens (including phenoxy) is 1. The molecule has 0 aromatic rings. The fraction of sp³-hybridized carbons (Fsp3) is 0.929. The molecule has 0 aromatic heterocycles. The second-order valence-electron chi connectivity index (χ2n) is 5.77. The van der Waals surface area contributed by atoms with E-state index < -0.39 is 0 Å². The highest BCUT2D eigenvalue weighted by Gasteiger charge is 2.29. The van der Waals surface area contributed by atoms with Crippen molar-refractivity contribution in [2.45, 2.75) is 56.8 Å². The Morgan fingerprint density at radius 2 is 2.05 bits per heavy atom. The average Bonchev–Trinajstić information content (AvgIpc) is 3.09. The molecule has 0 unspecified atom stereocenters. The molecule has 1 amide bonds. The molecule has 1 saturated carbocycles. The summed E-state index contributed by atoms with van der Waals surface area (Å²) in [6.07, 6.45) is 6.77. The highest BCUT2D eigenvalue weighted by atomic mass is 16.5. The lowest BCUT2D eigenvalue weighted by Gasteiger charge is -2.24. The van der Waals surface area contributed by atoms with Crippen molar-refractivity contribution in [1.82, 2.24) is 10.2 Å². The average molecular weight is 269 g/mol. The van der Waals surface area contributed by atoms with E-state index in [2.05, 4.69) is 17.3 Å². The number of hydrogen-bond donors (Lipinski definition) is 2. The van der Waals surface area contributed by atoms with Crippen molar-refractivity contribution >= 4 is 5.91 Å². The van der Waals surface area contributed by atoms with Crippen molar-refractivity contribution in [1.29, 1.82) is 0 Å². The minimum absolute atomic E-state index is 0.0239. The van der Waals surface area contributed by atoms with Crippen LogP contribution in [0.15, 0.2) is 0 Å². The van der Waals surface area contributed by atoms with Crippen LogP contribution >= 0.6 is 0 Å². The van der Waals surface area contributed by atoms with Gasteiger partial charge in [-0.2, -0.15) is 0 Å². The van der Waals surface area contributed by atoms with Gasteiger partial charge in [-0.15, -0.1) is 0 Å². The number of nitrogens with two attached hydrogens (primary N) is 1. The van der Waals surface area contributed by atoms with Gasteiger partial charge in [-0.3, -0.25) is 4.79 Å². The van der Waals surface area contributed by atoms with Crippen LogP contribution in [0.3, 0.4) is 0 Å². The van der Waals surface area contributed by atoms with Gasteiger partial charge in [0.2, 0.25) is 5.91 Å². The van der Waals surface area contributed by atoms with Gasteiger partial charge < -0.3 is 20.7 Å². The Labute approximate surface area is 115 Å². The van der Waals surface area contributed by atoms with Crippen molar-refractivity contribution < 1.29 is 9.53 Å². The molecule has 5 nitrogen and oxygen atoms in total. The molecule has 0 radical (unpaired) electrons. The summed E-state index contributed by atoms with van der Waals surface area (Å²) in [4.78, 5) is 14.3. The van der Waals surface area contributed by atoms with Crippen LogP contribution in [0.4, 0.5) is 0 Å². The van der Waals surface area contributed by atoms with E-state index in [4.69, 9.17) is 10.5 Å². The molecule has 1 heterocycles. The first-order valence-electron chi connectivity index (χ1n) is 7.54. The fourth-order valence-electron chi connectivity index (χ4n) is 3.07. The summed E-state index contributed by atoms with van der Waals surface area (Å²) in [5.74, 6) is 0.0239. The summed E-state index contributed by atoms with van der Waals surface area (Å²) < 4.78 is 5.58. The van der Waals surface area contributed by atoms with Gasteiger partial charge in [-0.1, -0.05) is 12.8 Å². The third-order valence-corrected chi connectivity index (χ3v) is 4.37. The Hall–Kier alpha value is -0.650. The van der Waals surface area contributed by atoms with Crippen LogP contribution in [0.5, 0.6) is 0 Å². The van der Waals surface area contributed by atoms with Gasteiger partial charge in [0, 0.05) is 25.7 Å². The third-order valence-electron chi connectivity index (χ3n) is 4.37.